The number of rotatable bonds is 1. The fourth-order valence-electron chi connectivity index (χ4n) is 1.59. The molecule has 0 saturated heterocycles. The van der Waals surface area contributed by atoms with Crippen LogP contribution in [0.5, 0.6) is 0 Å². The maximum Gasteiger partial charge on any atom is 0.0645 e. The van der Waals surface area contributed by atoms with Crippen molar-refractivity contribution in [3.63, 3.8) is 0 Å². The van der Waals surface area contributed by atoms with Gasteiger partial charge in [-0.25, -0.2) is 0 Å². The van der Waals surface area contributed by atoms with Gasteiger partial charge in [-0.15, -0.1) is 0 Å². The number of halogens is 1. The third-order valence-corrected chi connectivity index (χ3v) is 2.74. The molecule has 0 spiro atoms. The van der Waals surface area contributed by atoms with Gasteiger partial charge in [-0.2, -0.15) is 0 Å². The van der Waals surface area contributed by atoms with Crippen molar-refractivity contribution in [2.45, 2.75) is 18.8 Å². The summed E-state index contributed by atoms with van der Waals surface area (Å²) < 4.78 is 0. The minimum Gasteiger partial charge on any atom is -0.411 e. The lowest BCUT2D eigenvalue weighted by Crippen LogP contribution is -2.23. The van der Waals surface area contributed by atoms with Crippen LogP contribution >= 0.6 is 11.6 Å². The summed E-state index contributed by atoms with van der Waals surface area (Å²) >= 11 is 5.77. The topological polar surface area (TPSA) is 32.6 Å². The molecule has 1 N–H and O–H groups in total. The van der Waals surface area contributed by atoms with E-state index < -0.39 is 0 Å². The van der Waals surface area contributed by atoms with Crippen LogP contribution in [0.25, 0.3) is 0 Å². The Labute approximate surface area is 81.8 Å². The molecular weight excluding hydrogens is 186 g/mol. The zero-order chi connectivity index (χ0) is 9.26. The molecule has 13 heavy (non-hydrogen) atoms. The Bertz CT molecular complexity index is 331. The van der Waals surface area contributed by atoms with Crippen LogP contribution in [0.1, 0.15) is 24.3 Å². The number of oxime groups is 1. The van der Waals surface area contributed by atoms with Gasteiger partial charge >= 0.3 is 0 Å². The van der Waals surface area contributed by atoms with Gasteiger partial charge in [0.15, 0.2) is 0 Å². The van der Waals surface area contributed by atoms with E-state index in [2.05, 4.69) is 5.16 Å². The zero-order valence-electron chi connectivity index (χ0n) is 7.07. The SMILES string of the molecule is O/N=C1/CC[C@@H]1c1ccc(Cl)cc1. The first kappa shape index (κ1) is 8.57. The highest BCUT2D eigenvalue weighted by Crippen LogP contribution is 2.34. The predicted octanol–water partition coefficient (Wildman–Crippen LogP) is 3.05. The van der Waals surface area contributed by atoms with Crippen LogP contribution in [-0.2, 0) is 0 Å². The molecule has 1 atom stereocenters. The monoisotopic (exact) mass is 195 g/mol. The molecule has 1 aromatic carbocycles. The molecule has 3 heteroatoms. The van der Waals surface area contributed by atoms with Gasteiger partial charge in [0.1, 0.15) is 0 Å². The molecule has 68 valence electrons. The highest BCUT2D eigenvalue weighted by molar-refractivity contribution is 6.30. The summed E-state index contributed by atoms with van der Waals surface area (Å²) in [6.07, 6.45) is 1.98. The Kier molecular flexibility index (Phi) is 2.23. The second kappa shape index (κ2) is 3.38. The van der Waals surface area contributed by atoms with Crippen LogP contribution in [0.15, 0.2) is 29.4 Å². The van der Waals surface area contributed by atoms with Crippen LogP contribution in [-0.4, -0.2) is 10.9 Å². The van der Waals surface area contributed by atoms with Crippen molar-refractivity contribution in [2.75, 3.05) is 0 Å². The molecule has 0 heterocycles. The molecule has 0 unspecified atom stereocenters. The summed E-state index contributed by atoms with van der Waals surface area (Å²) in [7, 11) is 0. The Balaban J connectivity index is 2.22. The van der Waals surface area contributed by atoms with Crippen LogP contribution in [0.2, 0.25) is 5.02 Å². The lowest BCUT2D eigenvalue weighted by molar-refractivity contribution is 0.310. The van der Waals surface area contributed by atoms with E-state index in [1.807, 2.05) is 24.3 Å². The average Bonchev–Trinajstić information content (AvgIpc) is 2.08. The molecule has 2 rings (SSSR count). The molecule has 0 amide bonds. The van der Waals surface area contributed by atoms with Crippen LogP contribution in [0.3, 0.4) is 0 Å². The number of nitrogens with zero attached hydrogens (tertiary/aromatic N) is 1. The smallest absolute Gasteiger partial charge is 0.0645 e. The molecule has 1 fully saturated rings. The first-order valence-corrected chi connectivity index (χ1v) is 4.65. The van der Waals surface area contributed by atoms with Gasteiger partial charge in [-0.05, 0) is 30.5 Å². The molecule has 1 aliphatic carbocycles. The summed E-state index contributed by atoms with van der Waals surface area (Å²) in [5.74, 6) is 0.308. The zero-order valence-corrected chi connectivity index (χ0v) is 7.83. The summed E-state index contributed by atoms with van der Waals surface area (Å²) in [4.78, 5) is 0. The number of hydrogen-bond acceptors (Lipinski definition) is 2. The minimum atomic E-state index is 0.308. The van der Waals surface area contributed by atoms with Crippen molar-refractivity contribution in [1.82, 2.24) is 0 Å². The van der Waals surface area contributed by atoms with E-state index in [-0.39, 0.29) is 0 Å². The third kappa shape index (κ3) is 1.54. The van der Waals surface area contributed by atoms with E-state index in [0.717, 1.165) is 23.6 Å². The Morgan fingerprint density at radius 3 is 2.46 bits per heavy atom. The van der Waals surface area contributed by atoms with E-state index in [1.54, 1.807) is 0 Å². The highest BCUT2D eigenvalue weighted by Gasteiger charge is 2.27. The molecule has 0 aliphatic heterocycles. The standard InChI is InChI=1S/C10H10ClNO/c11-8-3-1-7(2-4-8)9-5-6-10(9)12-13/h1-4,9,13H,5-6H2/b12-10-/t9-/m1/s1. The Morgan fingerprint density at radius 1 is 1.31 bits per heavy atom. The van der Waals surface area contributed by atoms with Crippen molar-refractivity contribution < 1.29 is 5.21 Å². The average molecular weight is 196 g/mol. The van der Waals surface area contributed by atoms with E-state index in [4.69, 9.17) is 16.8 Å². The number of hydrogen-bond donors (Lipinski definition) is 1. The minimum absolute atomic E-state index is 0.308. The van der Waals surface area contributed by atoms with Crippen molar-refractivity contribution >= 4 is 17.3 Å². The van der Waals surface area contributed by atoms with Gasteiger partial charge in [0.25, 0.3) is 0 Å². The normalized spacial score (nSPS) is 24.4. The first-order valence-electron chi connectivity index (χ1n) is 4.27. The highest BCUT2D eigenvalue weighted by atomic mass is 35.5. The van der Waals surface area contributed by atoms with Crippen LogP contribution in [0, 0.1) is 0 Å². The van der Waals surface area contributed by atoms with Gasteiger partial charge in [-0.1, -0.05) is 28.9 Å². The summed E-state index contributed by atoms with van der Waals surface area (Å²) in [5.41, 5.74) is 2.06. The van der Waals surface area contributed by atoms with Crippen LogP contribution in [0.4, 0.5) is 0 Å². The van der Waals surface area contributed by atoms with E-state index >= 15 is 0 Å². The van der Waals surface area contributed by atoms with Crippen molar-refractivity contribution in [2.24, 2.45) is 5.16 Å². The second-order valence-corrected chi connectivity index (χ2v) is 3.67. The maximum atomic E-state index is 8.63. The third-order valence-electron chi connectivity index (χ3n) is 2.49. The van der Waals surface area contributed by atoms with Gasteiger partial charge in [0, 0.05) is 10.9 Å². The van der Waals surface area contributed by atoms with Gasteiger partial charge in [0.2, 0.25) is 0 Å². The molecule has 1 aromatic rings. The van der Waals surface area contributed by atoms with Gasteiger partial charge in [0.05, 0.1) is 5.71 Å². The van der Waals surface area contributed by atoms with E-state index in [1.165, 1.54) is 5.56 Å². The van der Waals surface area contributed by atoms with Crippen molar-refractivity contribution in [3.8, 4) is 0 Å². The van der Waals surface area contributed by atoms with E-state index in [9.17, 15) is 0 Å². The maximum absolute atomic E-state index is 8.63. The second-order valence-electron chi connectivity index (χ2n) is 3.23. The molecule has 1 aliphatic rings. The van der Waals surface area contributed by atoms with Gasteiger partial charge < -0.3 is 5.21 Å². The fraction of sp³-hybridized carbons (Fsp3) is 0.300. The fourth-order valence-corrected chi connectivity index (χ4v) is 1.72. The Hall–Kier alpha value is -1.02. The number of benzene rings is 1. The van der Waals surface area contributed by atoms with E-state index in [0.29, 0.717) is 5.92 Å². The Morgan fingerprint density at radius 2 is 2.00 bits per heavy atom. The summed E-state index contributed by atoms with van der Waals surface area (Å²) in [6.45, 7) is 0. The largest absolute Gasteiger partial charge is 0.411 e. The molecule has 0 aromatic heterocycles. The predicted molar refractivity (Wildman–Crippen MR) is 52.6 cm³/mol. The summed E-state index contributed by atoms with van der Waals surface area (Å²) in [5, 5.41) is 12.6. The lowest BCUT2D eigenvalue weighted by atomic mass is 9.78. The molecular formula is C10H10ClNO. The quantitative estimate of drug-likeness (QED) is 0.542. The summed E-state index contributed by atoms with van der Waals surface area (Å²) in [6, 6.07) is 7.70. The molecule has 0 radical (unpaired) electrons. The molecule has 2 nitrogen and oxygen atoms in total. The molecule has 0 bridgehead atoms. The van der Waals surface area contributed by atoms with Gasteiger partial charge in [-0.3, -0.25) is 0 Å². The van der Waals surface area contributed by atoms with Crippen LogP contribution < -0.4 is 0 Å². The molecule has 1 saturated carbocycles. The lowest BCUT2D eigenvalue weighted by Gasteiger charge is -2.27. The van der Waals surface area contributed by atoms with Crippen molar-refractivity contribution in [1.29, 1.82) is 0 Å². The van der Waals surface area contributed by atoms with Crippen molar-refractivity contribution in [3.05, 3.63) is 34.9 Å². The first-order chi connectivity index (χ1) is 6.31.